The number of hydrogen-bond acceptors (Lipinski definition) is 3. The zero-order chi connectivity index (χ0) is 15.1. The summed E-state index contributed by atoms with van der Waals surface area (Å²) in [6, 6.07) is 6.95. The number of hydrogen-bond donors (Lipinski definition) is 1. The van der Waals surface area contributed by atoms with Crippen LogP contribution in [0, 0.1) is 0 Å². The third-order valence-corrected chi connectivity index (χ3v) is 3.80. The second-order valence-electron chi connectivity index (χ2n) is 5.40. The van der Waals surface area contributed by atoms with Gasteiger partial charge < -0.3 is 14.8 Å². The Morgan fingerprint density at radius 2 is 2.05 bits per heavy atom. The summed E-state index contributed by atoms with van der Waals surface area (Å²) in [5.41, 5.74) is 1.06. The van der Waals surface area contributed by atoms with Crippen molar-refractivity contribution in [3.05, 3.63) is 29.8 Å². The molecule has 1 aromatic rings. The monoisotopic (exact) mass is 299 g/mol. The molecule has 0 saturated carbocycles. The second-order valence-corrected chi connectivity index (χ2v) is 5.40. The van der Waals surface area contributed by atoms with Crippen LogP contribution in [0.25, 0.3) is 0 Å². The minimum Gasteiger partial charge on any atom is -0.435 e. The minimum atomic E-state index is -2.78. The van der Waals surface area contributed by atoms with Gasteiger partial charge in [-0.25, -0.2) is 0 Å². The van der Waals surface area contributed by atoms with E-state index in [4.69, 9.17) is 4.74 Å². The maximum atomic E-state index is 12.1. The molecule has 1 fully saturated rings. The van der Waals surface area contributed by atoms with Gasteiger partial charge >= 0.3 is 6.61 Å². The van der Waals surface area contributed by atoms with Gasteiger partial charge in [-0.2, -0.15) is 8.78 Å². The molecule has 0 radical (unpaired) electrons. The standard InChI is InChI=1S/C16H23F2NO2/c1-12(19-10-9-14-4-2-3-11-20-14)13-5-7-15(8-6-13)21-16(17)18/h5-8,12,14,16,19H,2-4,9-11H2,1H3. The lowest BCUT2D eigenvalue weighted by atomic mass is 10.1. The van der Waals surface area contributed by atoms with Gasteiger partial charge in [-0.1, -0.05) is 12.1 Å². The van der Waals surface area contributed by atoms with E-state index in [1.807, 2.05) is 12.1 Å². The summed E-state index contributed by atoms with van der Waals surface area (Å²) in [5.74, 6) is 0.191. The van der Waals surface area contributed by atoms with Gasteiger partial charge in [0.1, 0.15) is 5.75 Å². The fourth-order valence-electron chi connectivity index (χ4n) is 2.55. The lowest BCUT2D eigenvalue weighted by molar-refractivity contribution is -0.0498. The first-order valence-electron chi connectivity index (χ1n) is 7.55. The van der Waals surface area contributed by atoms with Gasteiger partial charge in [-0.05, 0) is 56.8 Å². The first-order valence-corrected chi connectivity index (χ1v) is 7.55. The van der Waals surface area contributed by atoms with Gasteiger partial charge in [0.25, 0.3) is 0 Å². The Morgan fingerprint density at radius 3 is 2.67 bits per heavy atom. The molecule has 0 aromatic heterocycles. The average molecular weight is 299 g/mol. The molecule has 0 spiro atoms. The molecular weight excluding hydrogens is 276 g/mol. The summed E-state index contributed by atoms with van der Waals surface area (Å²) < 4.78 is 34.2. The quantitative estimate of drug-likeness (QED) is 0.828. The van der Waals surface area contributed by atoms with Gasteiger partial charge in [0, 0.05) is 12.6 Å². The van der Waals surface area contributed by atoms with E-state index in [9.17, 15) is 8.78 Å². The zero-order valence-electron chi connectivity index (χ0n) is 12.4. The molecule has 2 rings (SSSR count). The summed E-state index contributed by atoms with van der Waals surface area (Å²) in [5, 5.41) is 3.44. The van der Waals surface area contributed by atoms with Crippen LogP contribution in [0.15, 0.2) is 24.3 Å². The van der Waals surface area contributed by atoms with Crippen LogP contribution in [0.4, 0.5) is 8.78 Å². The zero-order valence-corrected chi connectivity index (χ0v) is 12.4. The molecule has 1 aromatic carbocycles. The highest BCUT2D eigenvalue weighted by Gasteiger charge is 2.14. The van der Waals surface area contributed by atoms with Crippen molar-refractivity contribution in [2.45, 2.75) is 51.4 Å². The highest BCUT2D eigenvalue weighted by molar-refractivity contribution is 5.28. The van der Waals surface area contributed by atoms with Gasteiger partial charge in [0.05, 0.1) is 6.10 Å². The van der Waals surface area contributed by atoms with Gasteiger partial charge in [0.15, 0.2) is 0 Å². The average Bonchev–Trinajstić information content (AvgIpc) is 2.48. The summed E-state index contributed by atoms with van der Waals surface area (Å²) in [7, 11) is 0. The van der Waals surface area contributed by atoms with Crippen molar-refractivity contribution < 1.29 is 18.3 Å². The molecule has 0 amide bonds. The van der Waals surface area contributed by atoms with Crippen molar-refractivity contribution >= 4 is 0 Å². The van der Waals surface area contributed by atoms with E-state index in [2.05, 4.69) is 17.0 Å². The largest absolute Gasteiger partial charge is 0.435 e. The van der Waals surface area contributed by atoms with Crippen molar-refractivity contribution in [3.8, 4) is 5.75 Å². The predicted molar refractivity (Wildman–Crippen MR) is 77.7 cm³/mol. The van der Waals surface area contributed by atoms with Crippen molar-refractivity contribution in [1.82, 2.24) is 5.32 Å². The van der Waals surface area contributed by atoms with Crippen LogP contribution in [-0.2, 0) is 4.74 Å². The summed E-state index contributed by atoms with van der Waals surface area (Å²) >= 11 is 0. The Hall–Kier alpha value is -1.20. The molecule has 21 heavy (non-hydrogen) atoms. The van der Waals surface area contributed by atoms with Crippen molar-refractivity contribution in [2.75, 3.05) is 13.2 Å². The molecule has 1 aliphatic rings. The number of rotatable bonds is 7. The number of alkyl halides is 2. The Kier molecular flexibility index (Phi) is 6.39. The van der Waals surface area contributed by atoms with Crippen LogP contribution in [0.1, 0.15) is 44.2 Å². The van der Waals surface area contributed by atoms with Crippen molar-refractivity contribution in [3.63, 3.8) is 0 Å². The number of benzene rings is 1. The Bertz CT molecular complexity index is 405. The SMILES string of the molecule is CC(NCCC1CCCCO1)c1ccc(OC(F)F)cc1. The lowest BCUT2D eigenvalue weighted by Crippen LogP contribution is -2.27. The number of ether oxygens (including phenoxy) is 2. The Morgan fingerprint density at radius 1 is 1.29 bits per heavy atom. The number of halogens is 2. The fraction of sp³-hybridized carbons (Fsp3) is 0.625. The van der Waals surface area contributed by atoms with E-state index in [0.29, 0.717) is 6.10 Å². The van der Waals surface area contributed by atoms with E-state index < -0.39 is 6.61 Å². The summed E-state index contributed by atoms with van der Waals surface area (Å²) in [4.78, 5) is 0. The molecule has 0 bridgehead atoms. The van der Waals surface area contributed by atoms with Crippen LogP contribution in [0.2, 0.25) is 0 Å². The Balaban J connectivity index is 1.73. The molecule has 1 heterocycles. The molecule has 118 valence electrons. The highest BCUT2D eigenvalue weighted by Crippen LogP contribution is 2.20. The van der Waals surface area contributed by atoms with Crippen molar-refractivity contribution in [2.24, 2.45) is 0 Å². The van der Waals surface area contributed by atoms with Gasteiger partial charge in [0.2, 0.25) is 0 Å². The molecule has 0 aliphatic carbocycles. The number of nitrogens with one attached hydrogen (secondary N) is 1. The smallest absolute Gasteiger partial charge is 0.387 e. The van der Waals surface area contributed by atoms with Gasteiger partial charge in [-0.3, -0.25) is 0 Å². The fourth-order valence-corrected chi connectivity index (χ4v) is 2.55. The molecule has 2 atom stereocenters. The van der Waals surface area contributed by atoms with Crippen molar-refractivity contribution in [1.29, 1.82) is 0 Å². The molecule has 1 saturated heterocycles. The molecule has 1 aliphatic heterocycles. The minimum absolute atomic E-state index is 0.175. The molecule has 2 unspecified atom stereocenters. The lowest BCUT2D eigenvalue weighted by Gasteiger charge is -2.23. The van der Waals surface area contributed by atoms with E-state index in [-0.39, 0.29) is 11.8 Å². The second kappa shape index (κ2) is 8.29. The third kappa shape index (κ3) is 5.59. The summed E-state index contributed by atoms with van der Waals surface area (Å²) in [6.07, 6.45) is 4.96. The Labute approximate surface area is 124 Å². The summed E-state index contributed by atoms with van der Waals surface area (Å²) in [6.45, 7) is 1.05. The van der Waals surface area contributed by atoms with Crippen LogP contribution >= 0.6 is 0 Å². The van der Waals surface area contributed by atoms with E-state index >= 15 is 0 Å². The van der Waals surface area contributed by atoms with E-state index in [1.165, 1.54) is 12.8 Å². The molecule has 3 nitrogen and oxygen atoms in total. The first-order chi connectivity index (χ1) is 10.1. The molecule has 5 heteroatoms. The van der Waals surface area contributed by atoms with E-state index in [1.54, 1.807) is 12.1 Å². The van der Waals surface area contributed by atoms with E-state index in [0.717, 1.165) is 31.6 Å². The third-order valence-electron chi connectivity index (χ3n) is 3.80. The van der Waals surface area contributed by atoms with Crippen LogP contribution in [-0.4, -0.2) is 25.9 Å². The van der Waals surface area contributed by atoms with Gasteiger partial charge in [-0.15, -0.1) is 0 Å². The molecule has 1 N–H and O–H groups in total. The first kappa shape index (κ1) is 16.2. The normalized spacial score (nSPS) is 20.5. The van der Waals surface area contributed by atoms with Crippen LogP contribution in [0.3, 0.4) is 0 Å². The maximum absolute atomic E-state index is 12.1. The molecular formula is C16H23F2NO2. The highest BCUT2D eigenvalue weighted by atomic mass is 19.3. The maximum Gasteiger partial charge on any atom is 0.387 e. The van der Waals surface area contributed by atoms with Crippen LogP contribution in [0.5, 0.6) is 5.75 Å². The van der Waals surface area contributed by atoms with Crippen LogP contribution < -0.4 is 10.1 Å². The predicted octanol–water partition coefficient (Wildman–Crippen LogP) is 3.90. The topological polar surface area (TPSA) is 30.5 Å².